The molecule has 0 spiro atoms. The molecule has 3 fully saturated rings. The van der Waals surface area contributed by atoms with Crippen molar-refractivity contribution in [2.45, 2.75) is 77.9 Å². The van der Waals surface area contributed by atoms with Crippen LogP contribution in [0.3, 0.4) is 0 Å². The zero-order chi connectivity index (χ0) is 17.3. The van der Waals surface area contributed by atoms with Crippen molar-refractivity contribution in [1.82, 2.24) is 0 Å². The van der Waals surface area contributed by atoms with Crippen LogP contribution in [0.5, 0.6) is 0 Å². The van der Waals surface area contributed by atoms with Crippen LogP contribution >= 0.6 is 0 Å². The second-order valence-electron chi connectivity index (χ2n) is 9.64. The first kappa shape index (κ1) is 17.1. The highest BCUT2D eigenvalue weighted by Gasteiger charge is 2.61. The van der Waals surface area contributed by atoms with Crippen molar-refractivity contribution in [2.24, 2.45) is 34.5 Å². The molecule has 0 aliphatic heterocycles. The van der Waals surface area contributed by atoms with Gasteiger partial charge >= 0.3 is 0 Å². The van der Waals surface area contributed by atoms with E-state index in [9.17, 15) is 15.3 Å². The Morgan fingerprint density at radius 2 is 1.79 bits per heavy atom. The average molecular weight is 335 g/mol. The minimum Gasteiger partial charge on any atom is -0.395 e. The van der Waals surface area contributed by atoms with Crippen molar-refractivity contribution in [3.63, 3.8) is 0 Å². The molecule has 8 atom stereocenters. The summed E-state index contributed by atoms with van der Waals surface area (Å²) in [6.45, 7) is 7.00. The third-order valence-corrected chi connectivity index (χ3v) is 8.90. The predicted molar refractivity (Wildman–Crippen MR) is 94.3 cm³/mol. The van der Waals surface area contributed by atoms with E-state index in [4.69, 9.17) is 0 Å². The number of aliphatic hydroxyl groups is 3. The van der Waals surface area contributed by atoms with Gasteiger partial charge in [-0.3, -0.25) is 0 Å². The highest BCUT2D eigenvalue weighted by Crippen LogP contribution is 2.67. The molecule has 4 rings (SSSR count). The van der Waals surface area contributed by atoms with Crippen LogP contribution in [0.15, 0.2) is 11.1 Å². The van der Waals surface area contributed by atoms with Gasteiger partial charge in [0, 0.05) is 5.41 Å². The smallest absolute Gasteiger partial charge is 0.0750 e. The minimum absolute atomic E-state index is 0.0799. The number of aliphatic hydroxyl groups excluding tert-OH is 3. The van der Waals surface area contributed by atoms with Crippen LogP contribution in [0.1, 0.15) is 65.7 Å². The largest absolute Gasteiger partial charge is 0.395 e. The third-order valence-electron chi connectivity index (χ3n) is 8.90. The number of fused-ring (bicyclic) bond motifs is 5. The van der Waals surface area contributed by atoms with Gasteiger partial charge in [-0.25, -0.2) is 0 Å². The van der Waals surface area contributed by atoms with Crippen molar-refractivity contribution >= 4 is 0 Å². The summed E-state index contributed by atoms with van der Waals surface area (Å²) in [5.41, 5.74) is 2.49. The standard InChI is InChI=1S/C21H34O3/c1-12-10-16-13(2)17(23)7-9-21(16,11-22)15-6-8-20(3)14(19(12)15)4-5-18(20)24/h12,14-15,17-19,22-24H,4-11H2,1-3H3/t12-,14+,15+,17+,18+,19+,20+,21+/m1/s1. The summed E-state index contributed by atoms with van der Waals surface area (Å²) in [6, 6.07) is 0. The fourth-order valence-corrected chi connectivity index (χ4v) is 7.48. The Bertz CT molecular complexity index is 555. The molecule has 24 heavy (non-hydrogen) atoms. The number of rotatable bonds is 1. The lowest BCUT2D eigenvalue weighted by Gasteiger charge is -2.61. The van der Waals surface area contributed by atoms with Crippen molar-refractivity contribution < 1.29 is 15.3 Å². The maximum absolute atomic E-state index is 10.6. The maximum Gasteiger partial charge on any atom is 0.0750 e. The summed E-state index contributed by atoms with van der Waals surface area (Å²) >= 11 is 0. The molecule has 3 heteroatoms. The Labute approximate surface area is 146 Å². The first-order valence-corrected chi connectivity index (χ1v) is 10.0. The van der Waals surface area contributed by atoms with E-state index in [0.717, 1.165) is 50.5 Å². The molecule has 136 valence electrons. The number of hydrogen-bond acceptors (Lipinski definition) is 3. The van der Waals surface area contributed by atoms with Gasteiger partial charge in [-0.2, -0.15) is 0 Å². The van der Waals surface area contributed by atoms with Gasteiger partial charge < -0.3 is 15.3 Å². The highest BCUT2D eigenvalue weighted by molar-refractivity contribution is 5.32. The van der Waals surface area contributed by atoms with Gasteiger partial charge in [-0.15, -0.1) is 0 Å². The maximum atomic E-state index is 10.6. The van der Waals surface area contributed by atoms with Gasteiger partial charge in [0.1, 0.15) is 0 Å². The summed E-state index contributed by atoms with van der Waals surface area (Å²) in [4.78, 5) is 0. The van der Waals surface area contributed by atoms with Crippen LogP contribution in [0.25, 0.3) is 0 Å². The zero-order valence-corrected chi connectivity index (χ0v) is 15.5. The van der Waals surface area contributed by atoms with Crippen LogP contribution in [0, 0.1) is 34.5 Å². The van der Waals surface area contributed by atoms with Crippen LogP contribution in [0.4, 0.5) is 0 Å². The molecule has 4 aliphatic carbocycles. The van der Waals surface area contributed by atoms with E-state index in [-0.39, 0.29) is 29.6 Å². The Balaban J connectivity index is 1.78. The Morgan fingerprint density at radius 1 is 1.04 bits per heavy atom. The van der Waals surface area contributed by atoms with Crippen LogP contribution in [0.2, 0.25) is 0 Å². The summed E-state index contributed by atoms with van der Waals surface area (Å²) in [5, 5.41) is 31.5. The molecule has 0 aromatic heterocycles. The molecular formula is C21H34O3. The monoisotopic (exact) mass is 334 g/mol. The van der Waals surface area contributed by atoms with Crippen LogP contribution in [-0.4, -0.2) is 34.1 Å². The minimum atomic E-state index is -0.314. The molecular weight excluding hydrogens is 300 g/mol. The van der Waals surface area contributed by atoms with Gasteiger partial charge in [-0.05, 0) is 86.5 Å². The molecule has 3 saturated carbocycles. The lowest BCUT2D eigenvalue weighted by atomic mass is 9.44. The molecule has 3 N–H and O–H groups in total. The second-order valence-corrected chi connectivity index (χ2v) is 9.64. The van der Waals surface area contributed by atoms with Crippen molar-refractivity contribution in [2.75, 3.05) is 6.61 Å². The highest BCUT2D eigenvalue weighted by atomic mass is 16.3. The van der Waals surface area contributed by atoms with Gasteiger partial charge in [0.2, 0.25) is 0 Å². The van der Waals surface area contributed by atoms with Gasteiger partial charge in [0.05, 0.1) is 18.8 Å². The van der Waals surface area contributed by atoms with E-state index in [2.05, 4.69) is 20.8 Å². The van der Waals surface area contributed by atoms with E-state index < -0.39 is 0 Å². The third kappa shape index (κ3) is 2.01. The van der Waals surface area contributed by atoms with Gasteiger partial charge in [0.25, 0.3) is 0 Å². The Morgan fingerprint density at radius 3 is 2.50 bits per heavy atom. The molecule has 0 unspecified atom stereocenters. The van der Waals surface area contributed by atoms with Crippen LogP contribution in [-0.2, 0) is 0 Å². The van der Waals surface area contributed by atoms with E-state index in [1.54, 1.807) is 0 Å². The van der Waals surface area contributed by atoms with Crippen LogP contribution < -0.4 is 0 Å². The molecule has 0 heterocycles. The predicted octanol–water partition coefficient (Wildman–Crippen LogP) is 3.28. The molecule has 0 amide bonds. The molecule has 0 bridgehead atoms. The Hall–Kier alpha value is -0.380. The molecule has 0 radical (unpaired) electrons. The van der Waals surface area contributed by atoms with E-state index >= 15 is 0 Å². The normalized spacial score (nSPS) is 54.2. The van der Waals surface area contributed by atoms with Crippen molar-refractivity contribution in [1.29, 1.82) is 0 Å². The summed E-state index contributed by atoms with van der Waals surface area (Å²) < 4.78 is 0. The first-order chi connectivity index (χ1) is 11.3. The molecule has 0 aromatic carbocycles. The van der Waals surface area contributed by atoms with E-state index in [1.807, 2.05) is 0 Å². The number of hydrogen-bond donors (Lipinski definition) is 3. The second kappa shape index (κ2) is 5.56. The lowest BCUT2D eigenvalue weighted by molar-refractivity contribution is -0.112. The molecule has 4 aliphatic rings. The quantitative estimate of drug-likeness (QED) is 0.645. The van der Waals surface area contributed by atoms with Crippen molar-refractivity contribution in [3.8, 4) is 0 Å². The van der Waals surface area contributed by atoms with Crippen molar-refractivity contribution in [3.05, 3.63) is 11.1 Å². The average Bonchev–Trinajstić information content (AvgIpc) is 2.87. The summed E-state index contributed by atoms with van der Waals surface area (Å²) in [7, 11) is 0. The Kier molecular flexibility index (Phi) is 3.95. The fourth-order valence-electron chi connectivity index (χ4n) is 7.48. The molecule has 3 nitrogen and oxygen atoms in total. The molecule has 0 aromatic rings. The zero-order valence-electron chi connectivity index (χ0n) is 15.5. The fraction of sp³-hybridized carbons (Fsp3) is 0.905. The summed E-state index contributed by atoms with van der Waals surface area (Å²) in [6.07, 6.45) is 6.58. The lowest BCUT2D eigenvalue weighted by Crippen LogP contribution is -2.56. The summed E-state index contributed by atoms with van der Waals surface area (Å²) in [5.74, 6) is 2.31. The van der Waals surface area contributed by atoms with Gasteiger partial charge in [0.15, 0.2) is 0 Å². The van der Waals surface area contributed by atoms with E-state index in [0.29, 0.717) is 23.7 Å². The SMILES string of the molecule is CC1=C2C[C@@H](C)[C@@H]3[C@H](CC[C@]4(C)[C@@H](O)CC[C@@H]34)[C@@]2(CO)CC[C@@H]1O. The van der Waals surface area contributed by atoms with E-state index in [1.165, 1.54) is 5.57 Å². The molecule has 0 saturated heterocycles. The topological polar surface area (TPSA) is 60.7 Å². The first-order valence-electron chi connectivity index (χ1n) is 10.0. The van der Waals surface area contributed by atoms with Gasteiger partial charge in [-0.1, -0.05) is 19.4 Å².